The summed E-state index contributed by atoms with van der Waals surface area (Å²) in [6.07, 6.45) is 2.78. The summed E-state index contributed by atoms with van der Waals surface area (Å²) < 4.78 is 5.71. The van der Waals surface area contributed by atoms with Gasteiger partial charge in [-0.3, -0.25) is 15.0 Å². The quantitative estimate of drug-likeness (QED) is 0.766. The number of hydrogen-bond donors (Lipinski definition) is 1. The van der Waals surface area contributed by atoms with Gasteiger partial charge in [-0.25, -0.2) is 5.01 Å². The number of carbonyl (C=O) groups excluding carboxylic acids is 2. The predicted octanol–water partition coefficient (Wildman–Crippen LogP) is 3.86. The SMILES string of the molecule is CC(Oc1ccc(C(=O)c2ccc(Cl)cc2)cc1)C(=O)NN1CCCCC1. The second kappa shape index (κ2) is 9.02. The lowest BCUT2D eigenvalue weighted by Crippen LogP contribution is -2.49. The Labute approximate surface area is 164 Å². The number of amides is 1. The van der Waals surface area contributed by atoms with Gasteiger partial charge in [0.1, 0.15) is 5.75 Å². The van der Waals surface area contributed by atoms with E-state index in [0.29, 0.717) is 21.9 Å². The van der Waals surface area contributed by atoms with E-state index in [9.17, 15) is 9.59 Å². The highest BCUT2D eigenvalue weighted by Gasteiger charge is 2.19. The normalized spacial score (nSPS) is 15.8. The number of piperidine rings is 1. The first-order valence-electron chi connectivity index (χ1n) is 9.15. The molecule has 1 atom stereocenters. The maximum Gasteiger partial charge on any atom is 0.275 e. The van der Waals surface area contributed by atoms with Crippen LogP contribution in [0, 0.1) is 0 Å². The maximum absolute atomic E-state index is 12.5. The fourth-order valence-electron chi connectivity index (χ4n) is 2.96. The Morgan fingerprint density at radius 3 is 2.11 bits per heavy atom. The van der Waals surface area contributed by atoms with E-state index in [-0.39, 0.29) is 11.7 Å². The Bertz CT molecular complexity index is 784. The molecule has 0 saturated carbocycles. The number of nitrogens with zero attached hydrogens (tertiary/aromatic N) is 1. The van der Waals surface area contributed by atoms with Crippen molar-refractivity contribution in [2.24, 2.45) is 0 Å². The van der Waals surface area contributed by atoms with Crippen molar-refractivity contribution in [3.63, 3.8) is 0 Å². The van der Waals surface area contributed by atoms with Crippen molar-refractivity contribution < 1.29 is 14.3 Å². The zero-order valence-corrected chi connectivity index (χ0v) is 16.0. The molecule has 1 unspecified atom stereocenters. The average molecular weight is 387 g/mol. The number of benzene rings is 2. The molecule has 1 saturated heterocycles. The number of ether oxygens (including phenoxy) is 1. The smallest absolute Gasteiger partial charge is 0.275 e. The first kappa shape index (κ1) is 19.4. The fourth-order valence-corrected chi connectivity index (χ4v) is 3.09. The van der Waals surface area contributed by atoms with Crippen LogP contribution in [-0.4, -0.2) is 35.9 Å². The van der Waals surface area contributed by atoms with Gasteiger partial charge >= 0.3 is 0 Å². The molecule has 6 heteroatoms. The molecule has 0 radical (unpaired) electrons. The number of nitrogens with one attached hydrogen (secondary N) is 1. The number of carbonyl (C=O) groups is 2. The van der Waals surface area contributed by atoms with Crippen molar-refractivity contribution in [2.75, 3.05) is 13.1 Å². The third kappa shape index (κ3) is 5.31. The van der Waals surface area contributed by atoms with Crippen molar-refractivity contribution in [3.05, 3.63) is 64.7 Å². The molecule has 2 aromatic carbocycles. The van der Waals surface area contributed by atoms with Gasteiger partial charge in [0.25, 0.3) is 5.91 Å². The van der Waals surface area contributed by atoms with E-state index in [2.05, 4.69) is 5.43 Å². The summed E-state index contributed by atoms with van der Waals surface area (Å²) in [5.74, 6) is 0.288. The van der Waals surface area contributed by atoms with E-state index in [1.165, 1.54) is 6.42 Å². The number of rotatable bonds is 6. The van der Waals surface area contributed by atoms with Crippen LogP contribution < -0.4 is 10.2 Å². The average Bonchev–Trinajstić information content (AvgIpc) is 2.69. The molecule has 5 nitrogen and oxygen atoms in total. The summed E-state index contributed by atoms with van der Waals surface area (Å²) in [5, 5.41) is 2.53. The van der Waals surface area contributed by atoms with Gasteiger partial charge < -0.3 is 4.74 Å². The van der Waals surface area contributed by atoms with Gasteiger partial charge in [-0.15, -0.1) is 0 Å². The molecule has 27 heavy (non-hydrogen) atoms. The van der Waals surface area contributed by atoms with Gasteiger partial charge in [0.2, 0.25) is 0 Å². The highest BCUT2D eigenvalue weighted by atomic mass is 35.5. The summed E-state index contributed by atoms with van der Waals surface area (Å²) in [7, 11) is 0. The molecular formula is C21H23ClN2O3. The zero-order valence-electron chi connectivity index (χ0n) is 15.3. The van der Waals surface area contributed by atoms with E-state index in [1.54, 1.807) is 55.5 Å². The van der Waals surface area contributed by atoms with Crippen molar-refractivity contribution >= 4 is 23.3 Å². The van der Waals surface area contributed by atoms with Crippen LogP contribution in [0.2, 0.25) is 5.02 Å². The highest BCUT2D eigenvalue weighted by Crippen LogP contribution is 2.18. The van der Waals surface area contributed by atoms with Gasteiger partial charge in [-0.1, -0.05) is 18.0 Å². The van der Waals surface area contributed by atoms with Crippen molar-refractivity contribution in [3.8, 4) is 5.75 Å². The lowest BCUT2D eigenvalue weighted by Gasteiger charge is -2.28. The third-order valence-electron chi connectivity index (χ3n) is 4.53. The topological polar surface area (TPSA) is 58.6 Å². The second-order valence-electron chi connectivity index (χ2n) is 6.64. The predicted molar refractivity (Wildman–Crippen MR) is 105 cm³/mol. The van der Waals surface area contributed by atoms with E-state index in [4.69, 9.17) is 16.3 Å². The molecule has 0 bridgehead atoms. The molecule has 142 valence electrons. The number of ketones is 1. The Morgan fingerprint density at radius 1 is 0.963 bits per heavy atom. The van der Waals surface area contributed by atoms with E-state index >= 15 is 0 Å². The van der Waals surface area contributed by atoms with Crippen LogP contribution in [0.5, 0.6) is 5.75 Å². The van der Waals surface area contributed by atoms with E-state index in [0.717, 1.165) is 25.9 Å². The molecule has 1 aliphatic heterocycles. The molecule has 1 aliphatic rings. The van der Waals surface area contributed by atoms with Crippen LogP contribution in [0.4, 0.5) is 0 Å². The second-order valence-corrected chi connectivity index (χ2v) is 7.08. The Balaban J connectivity index is 1.57. The molecule has 3 rings (SSSR count). The number of hydrazine groups is 1. The van der Waals surface area contributed by atoms with Gasteiger partial charge in [0.15, 0.2) is 11.9 Å². The first-order chi connectivity index (χ1) is 13.0. The van der Waals surface area contributed by atoms with E-state index in [1.807, 2.05) is 5.01 Å². The van der Waals surface area contributed by atoms with E-state index < -0.39 is 6.10 Å². The van der Waals surface area contributed by atoms with Crippen molar-refractivity contribution in [1.82, 2.24) is 10.4 Å². The van der Waals surface area contributed by atoms with Crippen LogP contribution in [0.3, 0.4) is 0 Å². The van der Waals surface area contributed by atoms with Gasteiger partial charge in [-0.05, 0) is 68.3 Å². The van der Waals surface area contributed by atoms with Crippen LogP contribution >= 0.6 is 11.6 Å². The summed E-state index contributed by atoms with van der Waals surface area (Å²) in [6.45, 7) is 3.46. The Kier molecular flexibility index (Phi) is 6.48. The highest BCUT2D eigenvalue weighted by molar-refractivity contribution is 6.30. The lowest BCUT2D eigenvalue weighted by atomic mass is 10.0. The summed E-state index contributed by atoms with van der Waals surface area (Å²) in [6, 6.07) is 13.6. The molecule has 0 aliphatic carbocycles. The molecular weight excluding hydrogens is 364 g/mol. The molecule has 1 N–H and O–H groups in total. The lowest BCUT2D eigenvalue weighted by molar-refractivity contribution is -0.132. The third-order valence-corrected chi connectivity index (χ3v) is 4.78. The monoisotopic (exact) mass is 386 g/mol. The molecule has 1 amide bonds. The minimum Gasteiger partial charge on any atom is -0.481 e. The zero-order chi connectivity index (χ0) is 19.2. The minimum atomic E-state index is -0.621. The minimum absolute atomic E-state index is 0.0888. The molecule has 1 heterocycles. The molecule has 0 spiro atoms. The largest absolute Gasteiger partial charge is 0.481 e. The number of hydrogen-bond acceptors (Lipinski definition) is 4. The van der Waals surface area contributed by atoms with Gasteiger partial charge in [0.05, 0.1) is 0 Å². The van der Waals surface area contributed by atoms with Crippen LogP contribution in [-0.2, 0) is 4.79 Å². The standard InChI is InChI=1S/C21H23ClN2O3/c1-15(21(26)23-24-13-3-2-4-14-24)27-19-11-7-17(8-12-19)20(25)16-5-9-18(22)10-6-16/h5-12,15H,2-4,13-14H2,1H3,(H,23,26). The maximum atomic E-state index is 12.5. The molecule has 0 aromatic heterocycles. The summed E-state index contributed by atoms with van der Waals surface area (Å²) in [5.41, 5.74) is 4.02. The van der Waals surface area contributed by atoms with Gasteiger partial charge in [-0.2, -0.15) is 0 Å². The summed E-state index contributed by atoms with van der Waals surface area (Å²) >= 11 is 5.86. The Morgan fingerprint density at radius 2 is 1.52 bits per heavy atom. The van der Waals surface area contributed by atoms with Crippen molar-refractivity contribution in [2.45, 2.75) is 32.3 Å². The van der Waals surface area contributed by atoms with Crippen molar-refractivity contribution in [1.29, 1.82) is 0 Å². The van der Waals surface area contributed by atoms with Crippen LogP contribution in [0.1, 0.15) is 42.1 Å². The van der Waals surface area contributed by atoms with Gasteiger partial charge in [0, 0.05) is 29.2 Å². The first-order valence-corrected chi connectivity index (χ1v) is 9.53. The fraction of sp³-hybridized carbons (Fsp3) is 0.333. The Hall–Kier alpha value is -2.37. The van der Waals surface area contributed by atoms with Crippen LogP contribution in [0.15, 0.2) is 48.5 Å². The van der Waals surface area contributed by atoms with Crippen LogP contribution in [0.25, 0.3) is 0 Å². The molecule has 2 aromatic rings. The number of halogens is 1. The molecule has 1 fully saturated rings. The summed E-state index contributed by atoms with van der Waals surface area (Å²) in [4.78, 5) is 24.7.